The van der Waals surface area contributed by atoms with Crippen LogP contribution < -0.4 is 0 Å². The van der Waals surface area contributed by atoms with Crippen LogP contribution >= 0.6 is 0 Å². The third kappa shape index (κ3) is 1.87. The Morgan fingerprint density at radius 1 is 1.29 bits per heavy atom. The highest BCUT2D eigenvalue weighted by atomic mass is 16.3. The van der Waals surface area contributed by atoms with Gasteiger partial charge < -0.3 is 9.67 Å². The second-order valence-corrected chi connectivity index (χ2v) is 7.15. The van der Waals surface area contributed by atoms with Gasteiger partial charge in [0.1, 0.15) is 0 Å². The fourth-order valence-corrected chi connectivity index (χ4v) is 4.80. The first kappa shape index (κ1) is 13.3. The maximum absolute atomic E-state index is 11.1. The van der Waals surface area contributed by atoms with Crippen molar-refractivity contribution in [2.24, 2.45) is 11.3 Å². The summed E-state index contributed by atoms with van der Waals surface area (Å²) in [7, 11) is 0. The van der Waals surface area contributed by atoms with E-state index in [1.54, 1.807) is 0 Å². The Hall–Kier alpha value is -1.35. The smallest absolute Gasteiger partial charge is 0.0952 e. The van der Waals surface area contributed by atoms with Gasteiger partial charge in [0.2, 0.25) is 0 Å². The van der Waals surface area contributed by atoms with Crippen molar-refractivity contribution < 1.29 is 5.11 Å². The van der Waals surface area contributed by atoms with Crippen molar-refractivity contribution in [1.29, 1.82) is 0 Å². The molecular weight excluding hydrogens is 260 g/mol. The first-order valence-corrected chi connectivity index (χ1v) is 8.27. The van der Waals surface area contributed by atoms with Crippen LogP contribution in [0.1, 0.15) is 56.7 Å². The number of nitrogens with zero attached hydrogens (tertiary/aromatic N) is 2. The number of allylic oxidation sites excluding steroid dienone is 4. The van der Waals surface area contributed by atoms with Crippen LogP contribution in [0.25, 0.3) is 0 Å². The summed E-state index contributed by atoms with van der Waals surface area (Å²) in [6, 6.07) is 0.115. The van der Waals surface area contributed by atoms with Crippen molar-refractivity contribution in [3.05, 3.63) is 42.5 Å². The molecule has 1 aliphatic heterocycles. The van der Waals surface area contributed by atoms with Crippen molar-refractivity contribution in [1.82, 2.24) is 9.55 Å². The molecule has 0 bridgehead atoms. The zero-order chi connectivity index (χ0) is 14.4. The van der Waals surface area contributed by atoms with Crippen LogP contribution in [0.2, 0.25) is 0 Å². The van der Waals surface area contributed by atoms with E-state index < -0.39 is 0 Å². The van der Waals surface area contributed by atoms with E-state index in [1.807, 2.05) is 12.5 Å². The molecule has 1 fully saturated rings. The Balaban J connectivity index is 1.73. The molecule has 21 heavy (non-hydrogen) atoms. The summed E-state index contributed by atoms with van der Waals surface area (Å²) in [6.45, 7) is 2.29. The normalized spacial score (nSPS) is 36.5. The summed E-state index contributed by atoms with van der Waals surface area (Å²) in [5.74, 6) is 0.780. The van der Waals surface area contributed by atoms with E-state index in [9.17, 15) is 5.11 Å². The Kier molecular flexibility index (Phi) is 3.07. The van der Waals surface area contributed by atoms with Crippen LogP contribution in [0.15, 0.2) is 36.8 Å². The van der Waals surface area contributed by atoms with E-state index in [0.717, 1.165) is 0 Å². The van der Waals surface area contributed by atoms with Crippen LogP contribution in [0.4, 0.5) is 0 Å². The molecule has 0 radical (unpaired) electrons. The topological polar surface area (TPSA) is 38.0 Å². The van der Waals surface area contributed by atoms with Crippen molar-refractivity contribution in [3.63, 3.8) is 0 Å². The molecule has 1 N–H and O–H groups in total. The van der Waals surface area contributed by atoms with Crippen LogP contribution in [0, 0.1) is 11.3 Å². The molecule has 3 heteroatoms. The summed E-state index contributed by atoms with van der Waals surface area (Å²) in [4.78, 5) is 4.34. The first-order valence-electron chi connectivity index (χ1n) is 8.27. The van der Waals surface area contributed by atoms with E-state index in [-0.39, 0.29) is 17.6 Å². The zero-order valence-corrected chi connectivity index (χ0v) is 12.7. The van der Waals surface area contributed by atoms with Crippen LogP contribution in [-0.4, -0.2) is 20.8 Å². The molecule has 4 rings (SSSR count). The van der Waals surface area contributed by atoms with Gasteiger partial charge in [-0.3, -0.25) is 0 Å². The predicted molar refractivity (Wildman–Crippen MR) is 83.0 cm³/mol. The number of imidazole rings is 1. The summed E-state index contributed by atoms with van der Waals surface area (Å²) < 4.78 is 2.24. The molecular formula is C18H24N2O. The Morgan fingerprint density at radius 2 is 2.10 bits per heavy atom. The molecule has 1 aromatic rings. The highest BCUT2D eigenvalue weighted by Crippen LogP contribution is 2.56. The number of rotatable bonds is 2. The van der Waals surface area contributed by atoms with Gasteiger partial charge in [0.15, 0.2) is 0 Å². The van der Waals surface area contributed by atoms with Crippen molar-refractivity contribution in [3.8, 4) is 0 Å². The minimum Gasteiger partial charge on any atom is -0.391 e. The lowest BCUT2D eigenvalue weighted by Gasteiger charge is -2.40. The van der Waals surface area contributed by atoms with Gasteiger partial charge in [-0.2, -0.15) is 0 Å². The molecule has 4 unspecified atom stereocenters. The highest BCUT2D eigenvalue weighted by Gasteiger charge is 2.52. The molecule has 2 aliphatic carbocycles. The van der Waals surface area contributed by atoms with E-state index in [4.69, 9.17) is 0 Å². The van der Waals surface area contributed by atoms with E-state index >= 15 is 0 Å². The van der Waals surface area contributed by atoms with Gasteiger partial charge >= 0.3 is 0 Å². The minimum atomic E-state index is -0.274. The van der Waals surface area contributed by atoms with Gasteiger partial charge in [-0.1, -0.05) is 50.5 Å². The Labute approximate surface area is 126 Å². The molecule has 0 aromatic carbocycles. The van der Waals surface area contributed by atoms with Gasteiger partial charge in [-0.15, -0.1) is 0 Å². The lowest BCUT2D eigenvalue weighted by atomic mass is 9.67. The third-order valence-electron chi connectivity index (χ3n) is 5.95. The van der Waals surface area contributed by atoms with Gasteiger partial charge in [-0.05, 0) is 18.8 Å². The average molecular weight is 284 g/mol. The molecule has 0 spiro atoms. The fraction of sp³-hybridized carbons (Fsp3) is 0.611. The summed E-state index contributed by atoms with van der Waals surface area (Å²) in [5.41, 5.74) is 1.22. The number of hydrogen-bond donors (Lipinski definition) is 1. The SMILES string of the molecule is CC12C=CC=CC1c1cncn1C2C(O)C1CCCCC1. The monoisotopic (exact) mass is 284 g/mol. The van der Waals surface area contributed by atoms with Crippen molar-refractivity contribution in [2.45, 2.75) is 57.1 Å². The molecule has 1 aromatic heterocycles. The number of aromatic nitrogens is 2. The predicted octanol–water partition coefficient (Wildman–Crippen LogP) is 3.59. The number of hydrogen-bond acceptors (Lipinski definition) is 2. The number of aliphatic hydroxyl groups excluding tert-OH is 1. The maximum atomic E-state index is 11.1. The van der Waals surface area contributed by atoms with E-state index in [1.165, 1.54) is 37.8 Å². The van der Waals surface area contributed by atoms with Gasteiger partial charge in [0.25, 0.3) is 0 Å². The maximum Gasteiger partial charge on any atom is 0.0952 e. The molecule has 112 valence electrons. The second-order valence-electron chi connectivity index (χ2n) is 7.15. The van der Waals surface area contributed by atoms with Crippen LogP contribution in [0.3, 0.4) is 0 Å². The second kappa shape index (κ2) is 4.84. The quantitative estimate of drug-likeness (QED) is 0.901. The van der Waals surface area contributed by atoms with E-state index in [2.05, 4.69) is 40.8 Å². The van der Waals surface area contributed by atoms with Crippen LogP contribution in [0.5, 0.6) is 0 Å². The van der Waals surface area contributed by atoms with Crippen LogP contribution in [-0.2, 0) is 0 Å². The average Bonchev–Trinajstić information content (AvgIpc) is 3.05. The van der Waals surface area contributed by atoms with Gasteiger partial charge in [0.05, 0.1) is 18.5 Å². The summed E-state index contributed by atoms with van der Waals surface area (Å²) in [5, 5.41) is 11.1. The molecule has 2 heterocycles. The first-order chi connectivity index (χ1) is 10.2. The minimum absolute atomic E-state index is 0.0239. The molecule has 3 aliphatic rings. The Morgan fingerprint density at radius 3 is 2.90 bits per heavy atom. The fourth-order valence-electron chi connectivity index (χ4n) is 4.80. The zero-order valence-electron chi connectivity index (χ0n) is 12.7. The number of fused-ring (bicyclic) bond motifs is 3. The Bertz CT molecular complexity index is 582. The van der Waals surface area contributed by atoms with Gasteiger partial charge in [-0.25, -0.2) is 4.98 Å². The summed E-state index contributed by atoms with van der Waals surface area (Å²) >= 11 is 0. The van der Waals surface area contributed by atoms with Gasteiger partial charge in [0, 0.05) is 23.2 Å². The highest BCUT2D eigenvalue weighted by molar-refractivity contribution is 5.36. The molecule has 0 amide bonds. The summed E-state index contributed by atoms with van der Waals surface area (Å²) in [6.07, 6.45) is 18.6. The molecule has 3 nitrogen and oxygen atoms in total. The molecule has 1 saturated carbocycles. The largest absolute Gasteiger partial charge is 0.391 e. The molecule has 4 atom stereocenters. The number of aliphatic hydroxyl groups is 1. The standard InChI is InChI=1S/C18H24N2O/c1-18-10-6-5-9-14(18)15-11-19-12-20(15)17(18)16(21)13-7-3-2-4-8-13/h5-6,9-14,16-17,21H,2-4,7-8H2,1H3. The lowest BCUT2D eigenvalue weighted by molar-refractivity contribution is 0.00755. The van der Waals surface area contributed by atoms with Crippen molar-refractivity contribution >= 4 is 0 Å². The third-order valence-corrected chi connectivity index (χ3v) is 5.95. The molecule has 0 saturated heterocycles. The van der Waals surface area contributed by atoms with E-state index in [0.29, 0.717) is 11.8 Å². The lowest BCUT2D eigenvalue weighted by Crippen LogP contribution is -2.39. The van der Waals surface area contributed by atoms with Crippen molar-refractivity contribution in [2.75, 3.05) is 0 Å².